The zero-order valence-electron chi connectivity index (χ0n) is 18.5. The molecule has 4 amide bonds. The van der Waals surface area contributed by atoms with Gasteiger partial charge in [-0.15, -0.1) is 0 Å². The second kappa shape index (κ2) is 9.83. The van der Waals surface area contributed by atoms with Gasteiger partial charge in [-0.1, -0.05) is 12.1 Å². The van der Waals surface area contributed by atoms with Crippen LogP contribution < -0.4 is 10.2 Å². The summed E-state index contributed by atoms with van der Waals surface area (Å²) >= 11 is 0. The molecule has 0 spiro atoms. The second-order valence-electron chi connectivity index (χ2n) is 8.00. The minimum atomic E-state index is -0.399. The van der Waals surface area contributed by atoms with E-state index in [9.17, 15) is 19.2 Å². The molecule has 0 aromatic heterocycles. The van der Waals surface area contributed by atoms with E-state index in [4.69, 9.17) is 4.74 Å². The summed E-state index contributed by atoms with van der Waals surface area (Å²) < 4.78 is 5.36. The summed E-state index contributed by atoms with van der Waals surface area (Å²) in [7, 11) is 1.52. The molecule has 0 bridgehead atoms. The Balaban J connectivity index is 1.24. The van der Waals surface area contributed by atoms with Crippen LogP contribution >= 0.6 is 0 Å². The number of morpholine rings is 1. The molecular formula is C24H26N4O5. The van der Waals surface area contributed by atoms with Gasteiger partial charge in [0.25, 0.3) is 11.8 Å². The van der Waals surface area contributed by atoms with Crippen LogP contribution in [0.25, 0.3) is 0 Å². The summed E-state index contributed by atoms with van der Waals surface area (Å²) in [5.41, 5.74) is 2.41. The van der Waals surface area contributed by atoms with E-state index >= 15 is 0 Å². The topological polar surface area (TPSA) is 99.3 Å². The van der Waals surface area contributed by atoms with Crippen molar-refractivity contribution in [1.29, 1.82) is 0 Å². The fourth-order valence-electron chi connectivity index (χ4n) is 3.92. The Morgan fingerprint density at radius 1 is 0.970 bits per heavy atom. The molecule has 172 valence electrons. The van der Waals surface area contributed by atoms with Crippen LogP contribution in [-0.2, 0) is 14.3 Å². The van der Waals surface area contributed by atoms with E-state index in [1.165, 1.54) is 11.9 Å². The maximum Gasteiger partial charge on any atom is 0.261 e. The number of carbonyl (C=O) groups is 4. The van der Waals surface area contributed by atoms with E-state index < -0.39 is 11.8 Å². The predicted molar refractivity (Wildman–Crippen MR) is 122 cm³/mol. The molecule has 9 heteroatoms. The van der Waals surface area contributed by atoms with Gasteiger partial charge >= 0.3 is 0 Å². The first-order chi connectivity index (χ1) is 15.9. The number of rotatable bonds is 7. The van der Waals surface area contributed by atoms with Crippen LogP contribution in [0.2, 0.25) is 0 Å². The van der Waals surface area contributed by atoms with Crippen LogP contribution in [0.15, 0.2) is 48.5 Å². The van der Waals surface area contributed by atoms with Crippen molar-refractivity contribution in [3.8, 4) is 0 Å². The highest BCUT2D eigenvalue weighted by atomic mass is 16.5. The molecule has 2 heterocycles. The standard InChI is InChI=1S/C24H26N4O5/c1-26(22(30)10-11-28-23(31)19-4-2-3-5-20(19)24(28)32)16-21(29)25-17-6-8-18(9-7-17)27-12-14-33-15-13-27/h2-9H,10-16H2,1H3,(H,25,29). The number of benzene rings is 2. The van der Waals surface area contributed by atoms with Gasteiger partial charge < -0.3 is 19.9 Å². The van der Waals surface area contributed by atoms with E-state index in [1.807, 2.05) is 24.3 Å². The molecule has 1 fully saturated rings. The number of hydrogen-bond donors (Lipinski definition) is 1. The van der Waals surface area contributed by atoms with Crippen molar-refractivity contribution in [3.05, 3.63) is 59.7 Å². The van der Waals surface area contributed by atoms with E-state index in [-0.39, 0.29) is 31.3 Å². The lowest BCUT2D eigenvalue weighted by atomic mass is 10.1. The van der Waals surface area contributed by atoms with Crippen molar-refractivity contribution >= 4 is 35.0 Å². The molecule has 33 heavy (non-hydrogen) atoms. The number of carbonyl (C=O) groups excluding carboxylic acids is 4. The molecule has 0 aliphatic carbocycles. The highest BCUT2D eigenvalue weighted by Gasteiger charge is 2.35. The zero-order chi connectivity index (χ0) is 23.4. The minimum Gasteiger partial charge on any atom is -0.378 e. The van der Waals surface area contributed by atoms with E-state index in [0.29, 0.717) is 30.0 Å². The number of ether oxygens (including phenoxy) is 1. The lowest BCUT2D eigenvalue weighted by molar-refractivity contribution is -0.133. The number of nitrogens with zero attached hydrogens (tertiary/aromatic N) is 3. The third-order valence-corrected chi connectivity index (χ3v) is 5.76. The first kappa shape index (κ1) is 22.5. The summed E-state index contributed by atoms with van der Waals surface area (Å²) in [6.07, 6.45) is -0.0521. The molecule has 4 rings (SSSR count). The van der Waals surface area contributed by atoms with Crippen molar-refractivity contribution in [3.63, 3.8) is 0 Å². The van der Waals surface area contributed by atoms with E-state index in [0.717, 1.165) is 23.7 Å². The van der Waals surface area contributed by atoms with Gasteiger partial charge in [0.2, 0.25) is 11.8 Å². The number of hydrogen-bond acceptors (Lipinski definition) is 6. The maximum atomic E-state index is 12.5. The van der Waals surface area contributed by atoms with Crippen LogP contribution in [-0.4, -0.2) is 79.9 Å². The fraction of sp³-hybridized carbons (Fsp3) is 0.333. The number of amides is 4. The molecular weight excluding hydrogens is 424 g/mol. The molecule has 0 atom stereocenters. The molecule has 2 aromatic rings. The largest absolute Gasteiger partial charge is 0.378 e. The molecule has 1 saturated heterocycles. The molecule has 0 radical (unpaired) electrons. The van der Waals surface area contributed by atoms with Crippen LogP contribution in [0, 0.1) is 0 Å². The van der Waals surface area contributed by atoms with Crippen LogP contribution in [0.1, 0.15) is 27.1 Å². The Hall–Kier alpha value is -3.72. The summed E-state index contributed by atoms with van der Waals surface area (Å²) in [5, 5.41) is 2.79. The molecule has 2 aliphatic heterocycles. The van der Waals surface area contributed by atoms with Crippen molar-refractivity contribution in [2.45, 2.75) is 6.42 Å². The Morgan fingerprint density at radius 3 is 2.18 bits per heavy atom. The first-order valence-electron chi connectivity index (χ1n) is 10.9. The van der Waals surface area contributed by atoms with Gasteiger partial charge in [-0.3, -0.25) is 24.1 Å². The third-order valence-electron chi connectivity index (χ3n) is 5.76. The smallest absolute Gasteiger partial charge is 0.261 e. The van der Waals surface area contributed by atoms with Gasteiger partial charge in [0.1, 0.15) is 0 Å². The Labute approximate surface area is 191 Å². The third kappa shape index (κ3) is 5.04. The van der Waals surface area contributed by atoms with Crippen molar-refractivity contribution in [2.75, 3.05) is 56.7 Å². The van der Waals surface area contributed by atoms with Gasteiger partial charge in [0.15, 0.2) is 0 Å². The average Bonchev–Trinajstić information content (AvgIpc) is 3.08. The summed E-state index contributed by atoms with van der Waals surface area (Å²) in [6.45, 7) is 2.91. The highest BCUT2D eigenvalue weighted by molar-refractivity contribution is 6.21. The lowest BCUT2D eigenvalue weighted by Gasteiger charge is -2.28. The molecule has 2 aromatic carbocycles. The predicted octanol–water partition coefficient (Wildman–Crippen LogP) is 1.61. The number of fused-ring (bicyclic) bond motifs is 1. The van der Waals surface area contributed by atoms with Crippen LogP contribution in [0.4, 0.5) is 11.4 Å². The number of anilines is 2. The number of likely N-dealkylation sites (N-methyl/N-ethyl adjacent to an activating group) is 1. The van der Waals surface area contributed by atoms with Gasteiger partial charge in [-0.2, -0.15) is 0 Å². The van der Waals surface area contributed by atoms with E-state index in [1.54, 1.807) is 24.3 Å². The second-order valence-corrected chi connectivity index (χ2v) is 8.00. The van der Waals surface area contributed by atoms with Crippen LogP contribution in [0.3, 0.4) is 0 Å². The summed E-state index contributed by atoms with van der Waals surface area (Å²) in [4.78, 5) is 54.2. The maximum absolute atomic E-state index is 12.5. The SMILES string of the molecule is CN(CC(=O)Nc1ccc(N2CCOCC2)cc1)C(=O)CCN1C(=O)c2ccccc2C1=O. The molecule has 1 N–H and O–H groups in total. The number of imide groups is 1. The minimum absolute atomic E-state index is 0.0276. The molecule has 9 nitrogen and oxygen atoms in total. The van der Waals surface area contributed by atoms with Gasteiger partial charge in [-0.05, 0) is 36.4 Å². The summed E-state index contributed by atoms with van der Waals surface area (Å²) in [5.74, 6) is -1.45. The van der Waals surface area contributed by atoms with E-state index in [2.05, 4.69) is 10.2 Å². The Bertz CT molecular complexity index is 1030. The molecule has 0 saturated carbocycles. The van der Waals surface area contributed by atoms with Gasteiger partial charge in [0, 0.05) is 44.5 Å². The van der Waals surface area contributed by atoms with Gasteiger partial charge in [0.05, 0.1) is 30.9 Å². The Morgan fingerprint density at radius 2 is 1.58 bits per heavy atom. The quantitative estimate of drug-likeness (QED) is 0.644. The number of nitrogens with one attached hydrogen (secondary N) is 1. The fourth-order valence-corrected chi connectivity index (χ4v) is 3.92. The zero-order valence-corrected chi connectivity index (χ0v) is 18.5. The van der Waals surface area contributed by atoms with Crippen molar-refractivity contribution in [1.82, 2.24) is 9.80 Å². The monoisotopic (exact) mass is 450 g/mol. The summed E-state index contributed by atoms with van der Waals surface area (Å²) in [6, 6.07) is 14.1. The molecule has 0 unspecified atom stereocenters. The molecule has 2 aliphatic rings. The highest BCUT2D eigenvalue weighted by Crippen LogP contribution is 2.22. The van der Waals surface area contributed by atoms with Crippen molar-refractivity contribution < 1.29 is 23.9 Å². The van der Waals surface area contributed by atoms with Crippen molar-refractivity contribution in [2.24, 2.45) is 0 Å². The van der Waals surface area contributed by atoms with Crippen LogP contribution in [0.5, 0.6) is 0 Å². The Kier molecular flexibility index (Phi) is 6.69. The first-order valence-corrected chi connectivity index (χ1v) is 10.9. The normalized spacial score (nSPS) is 15.4. The lowest BCUT2D eigenvalue weighted by Crippen LogP contribution is -2.38. The van der Waals surface area contributed by atoms with Gasteiger partial charge in [-0.25, -0.2) is 0 Å². The average molecular weight is 450 g/mol.